The highest BCUT2D eigenvalue weighted by molar-refractivity contribution is 5.80. The van der Waals surface area contributed by atoms with Crippen LogP contribution in [0.25, 0.3) is 0 Å². The zero-order chi connectivity index (χ0) is 8.97. The first-order valence-electron chi connectivity index (χ1n) is 4.17. The number of rotatable bonds is 2. The fourth-order valence-electron chi connectivity index (χ4n) is 1.19. The lowest BCUT2D eigenvalue weighted by Crippen LogP contribution is -2.39. The molecule has 1 atom stereocenters. The van der Waals surface area contributed by atoms with E-state index in [-0.39, 0.29) is 17.8 Å². The Morgan fingerprint density at radius 1 is 1.75 bits per heavy atom. The fraction of sp³-hybridized carbons (Fsp3) is 0.750. The Bertz CT molecular complexity index is 181. The van der Waals surface area contributed by atoms with Crippen molar-refractivity contribution in [1.82, 2.24) is 5.32 Å². The summed E-state index contributed by atoms with van der Waals surface area (Å²) in [5.74, 6) is -0.310. The van der Waals surface area contributed by atoms with Crippen LogP contribution >= 0.6 is 0 Å². The van der Waals surface area contributed by atoms with E-state index in [0.29, 0.717) is 26.0 Å². The van der Waals surface area contributed by atoms with Crippen LogP contribution in [0.5, 0.6) is 0 Å². The lowest BCUT2D eigenvalue weighted by Gasteiger charge is -2.20. The third-order valence-corrected chi connectivity index (χ3v) is 1.89. The smallest absolute Gasteiger partial charge is 0.310 e. The summed E-state index contributed by atoms with van der Waals surface area (Å²) in [6.07, 6.45) is 1.05. The van der Waals surface area contributed by atoms with Gasteiger partial charge in [0, 0.05) is 13.0 Å². The van der Waals surface area contributed by atoms with Gasteiger partial charge in [0.15, 0.2) is 0 Å². The normalized spacial score (nSPS) is 23.1. The Balaban J connectivity index is 2.33. The molecule has 0 saturated carbocycles. The molecule has 4 heteroatoms. The van der Waals surface area contributed by atoms with Crippen molar-refractivity contribution in [2.24, 2.45) is 5.92 Å². The molecule has 0 aromatic heterocycles. The monoisotopic (exact) mass is 171 g/mol. The van der Waals surface area contributed by atoms with Crippen molar-refractivity contribution in [2.75, 3.05) is 13.2 Å². The van der Waals surface area contributed by atoms with E-state index in [1.165, 1.54) is 0 Å². The average molecular weight is 171 g/mol. The maximum absolute atomic E-state index is 11.1. The van der Waals surface area contributed by atoms with Crippen LogP contribution in [0, 0.1) is 5.92 Å². The van der Waals surface area contributed by atoms with Crippen molar-refractivity contribution in [3.63, 3.8) is 0 Å². The highest BCUT2D eigenvalue weighted by atomic mass is 16.5. The summed E-state index contributed by atoms with van der Waals surface area (Å²) in [6, 6.07) is 0. The predicted molar refractivity (Wildman–Crippen MR) is 42.4 cm³/mol. The molecule has 0 radical (unpaired) electrons. The van der Waals surface area contributed by atoms with E-state index < -0.39 is 0 Å². The highest BCUT2D eigenvalue weighted by Gasteiger charge is 2.24. The van der Waals surface area contributed by atoms with Gasteiger partial charge in [-0.1, -0.05) is 0 Å². The second-order valence-electron chi connectivity index (χ2n) is 2.79. The van der Waals surface area contributed by atoms with Gasteiger partial charge in [-0.15, -0.1) is 0 Å². The van der Waals surface area contributed by atoms with E-state index >= 15 is 0 Å². The molecule has 1 N–H and O–H groups in total. The van der Waals surface area contributed by atoms with Gasteiger partial charge >= 0.3 is 5.97 Å². The Kier molecular flexibility index (Phi) is 3.08. The molecule has 4 nitrogen and oxygen atoms in total. The van der Waals surface area contributed by atoms with Crippen molar-refractivity contribution in [1.29, 1.82) is 0 Å². The highest BCUT2D eigenvalue weighted by Crippen LogP contribution is 2.11. The first-order valence-corrected chi connectivity index (χ1v) is 4.17. The average Bonchev–Trinajstić information content (AvgIpc) is 2.06. The molecular weight excluding hydrogens is 158 g/mol. The molecule has 0 bridgehead atoms. The minimum atomic E-state index is -0.197. The van der Waals surface area contributed by atoms with Crippen molar-refractivity contribution >= 4 is 11.9 Å². The maximum Gasteiger partial charge on any atom is 0.310 e. The van der Waals surface area contributed by atoms with Crippen molar-refractivity contribution < 1.29 is 14.3 Å². The third-order valence-electron chi connectivity index (χ3n) is 1.89. The number of amides is 1. The van der Waals surface area contributed by atoms with Crippen molar-refractivity contribution in [3.05, 3.63) is 0 Å². The molecule has 12 heavy (non-hydrogen) atoms. The molecule has 0 aliphatic carbocycles. The third kappa shape index (κ3) is 2.22. The van der Waals surface area contributed by atoms with Gasteiger partial charge in [-0.3, -0.25) is 9.59 Å². The molecule has 0 aromatic carbocycles. The Morgan fingerprint density at radius 3 is 3.00 bits per heavy atom. The number of carbonyl (C=O) groups excluding carboxylic acids is 2. The SMILES string of the molecule is CCOC(=O)[C@@H]1CCC(=O)NC1. The van der Waals surface area contributed by atoms with Crippen LogP contribution in [0.15, 0.2) is 0 Å². The lowest BCUT2D eigenvalue weighted by atomic mass is 10.00. The van der Waals surface area contributed by atoms with Gasteiger partial charge in [-0.05, 0) is 13.3 Å². The van der Waals surface area contributed by atoms with E-state index in [0.717, 1.165) is 0 Å². The molecule has 1 rings (SSSR count). The van der Waals surface area contributed by atoms with E-state index in [4.69, 9.17) is 4.74 Å². The summed E-state index contributed by atoms with van der Waals surface area (Å²) in [5, 5.41) is 2.63. The molecule has 0 spiro atoms. The molecule has 0 aromatic rings. The first kappa shape index (κ1) is 9.03. The number of hydrogen-bond acceptors (Lipinski definition) is 3. The number of carbonyl (C=O) groups is 2. The molecule has 1 fully saturated rings. The second kappa shape index (κ2) is 4.09. The van der Waals surface area contributed by atoms with Crippen LogP contribution in [-0.2, 0) is 14.3 Å². The van der Waals surface area contributed by atoms with Gasteiger partial charge in [0.25, 0.3) is 0 Å². The van der Waals surface area contributed by atoms with Gasteiger partial charge in [-0.25, -0.2) is 0 Å². The number of ether oxygens (including phenoxy) is 1. The number of esters is 1. The summed E-state index contributed by atoms with van der Waals surface area (Å²) in [5.41, 5.74) is 0. The van der Waals surface area contributed by atoms with Gasteiger partial charge < -0.3 is 10.1 Å². The molecule has 68 valence electrons. The molecular formula is C8H13NO3. The summed E-state index contributed by atoms with van der Waals surface area (Å²) in [7, 11) is 0. The Morgan fingerprint density at radius 2 is 2.50 bits per heavy atom. The number of nitrogens with one attached hydrogen (secondary N) is 1. The fourth-order valence-corrected chi connectivity index (χ4v) is 1.19. The van der Waals surface area contributed by atoms with Gasteiger partial charge in [0.1, 0.15) is 0 Å². The zero-order valence-corrected chi connectivity index (χ0v) is 7.13. The van der Waals surface area contributed by atoms with Crippen LogP contribution in [0.3, 0.4) is 0 Å². The number of piperidine rings is 1. The van der Waals surface area contributed by atoms with Crippen LogP contribution < -0.4 is 5.32 Å². The van der Waals surface area contributed by atoms with Crippen molar-refractivity contribution in [2.45, 2.75) is 19.8 Å². The van der Waals surface area contributed by atoms with E-state index in [1.807, 2.05) is 0 Å². The standard InChI is InChI=1S/C8H13NO3/c1-2-12-8(11)6-3-4-7(10)9-5-6/h6H,2-5H2,1H3,(H,9,10)/t6-/m1/s1. The van der Waals surface area contributed by atoms with E-state index in [2.05, 4.69) is 5.32 Å². The quantitative estimate of drug-likeness (QED) is 0.598. The molecule has 1 aliphatic heterocycles. The largest absolute Gasteiger partial charge is 0.466 e. The van der Waals surface area contributed by atoms with Crippen LogP contribution in [0.2, 0.25) is 0 Å². The topological polar surface area (TPSA) is 55.4 Å². The summed E-state index contributed by atoms with van der Waals surface area (Å²) in [4.78, 5) is 21.9. The van der Waals surface area contributed by atoms with Crippen LogP contribution in [0.1, 0.15) is 19.8 Å². The minimum Gasteiger partial charge on any atom is -0.466 e. The molecule has 0 unspecified atom stereocenters. The second-order valence-corrected chi connectivity index (χ2v) is 2.79. The van der Waals surface area contributed by atoms with Crippen molar-refractivity contribution in [3.8, 4) is 0 Å². The Hall–Kier alpha value is -1.06. The minimum absolute atomic E-state index is 0.0237. The zero-order valence-electron chi connectivity index (χ0n) is 7.13. The molecule has 1 heterocycles. The number of hydrogen-bond donors (Lipinski definition) is 1. The molecule has 1 saturated heterocycles. The summed E-state index contributed by atoms with van der Waals surface area (Å²) < 4.78 is 4.83. The van der Waals surface area contributed by atoms with Gasteiger partial charge in [-0.2, -0.15) is 0 Å². The van der Waals surface area contributed by atoms with Gasteiger partial charge in [0.05, 0.1) is 12.5 Å². The molecule has 1 amide bonds. The van der Waals surface area contributed by atoms with Crippen LogP contribution in [0.4, 0.5) is 0 Å². The first-order chi connectivity index (χ1) is 5.74. The summed E-state index contributed by atoms with van der Waals surface area (Å²) in [6.45, 7) is 2.61. The van der Waals surface area contributed by atoms with Crippen LogP contribution in [-0.4, -0.2) is 25.0 Å². The Labute approximate surface area is 71.3 Å². The van der Waals surface area contributed by atoms with E-state index in [1.54, 1.807) is 6.92 Å². The molecule has 1 aliphatic rings. The van der Waals surface area contributed by atoms with Gasteiger partial charge in [0.2, 0.25) is 5.91 Å². The predicted octanol–water partition coefficient (Wildman–Crippen LogP) is 0.0757. The van der Waals surface area contributed by atoms with E-state index in [9.17, 15) is 9.59 Å². The summed E-state index contributed by atoms with van der Waals surface area (Å²) >= 11 is 0. The maximum atomic E-state index is 11.1. The lowest BCUT2D eigenvalue weighted by molar-refractivity contribution is -0.149.